The van der Waals surface area contributed by atoms with Crippen LogP contribution in [-0.2, 0) is 0 Å². The Labute approximate surface area is 168 Å². The lowest BCUT2D eigenvalue weighted by Gasteiger charge is -2.29. The first-order valence-electron chi connectivity index (χ1n) is 12.5. The zero-order valence-corrected chi connectivity index (χ0v) is 19.8. The first kappa shape index (κ1) is 26.0. The van der Waals surface area contributed by atoms with E-state index >= 15 is 0 Å². The van der Waals surface area contributed by atoms with E-state index in [1.807, 2.05) is 0 Å². The fourth-order valence-corrected chi connectivity index (χ4v) is 4.66. The van der Waals surface area contributed by atoms with Gasteiger partial charge in [0.25, 0.3) is 0 Å². The molecule has 0 nitrogen and oxygen atoms in total. The lowest BCUT2D eigenvalue weighted by Crippen LogP contribution is -2.15. The van der Waals surface area contributed by atoms with Crippen molar-refractivity contribution in [2.45, 2.75) is 138 Å². The number of rotatable bonds is 6. The maximum Gasteiger partial charge on any atom is -0.0412 e. The van der Waals surface area contributed by atoms with Crippen LogP contribution in [0.3, 0.4) is 0 Å². The molecule has 0 spiro atoms. The molecule has 0 aliphatic heterocycles. The van der Waals surface area contributed by atoms with Crippen molar-refractivity contribution < 1.29 is 0 Å². The number of hydrogen-bond donors (Lipinski definition) is 0. The van der Waals surface area contributed by atoms with Gasteiger partial charge < -0.3 is 0 Å². The SMILES string of the molecule is CCC.CCC(C)CC1CCC(CC)CC1.CCC1CCC(CC)CC1. The summed E-state index contributed by atoms with van der Waals surface area (Å²) in [5, 5.41) is 0. The lowest BCUT2D eigenvalue weighted by atomic mass is 9.77. The van der Waals surface area contributed by atoms with E-state index in [1.165, 1.54) is 89.9 Å². The second-order valence-corrected chi connectivity index (χ2v) is 9.45. The van der Waals surface area contributed by atoms with Crippen LogP contribution in [0.5, 0.6) is 0 Å². The van der Waals surface area contributed by atoms with E-state index in [9.17, 15) is 0 Å². The van der Waals surface area contributed by atoms with E-state index in [2.05, 4.69) is 48.5 Å². The molecule has 0 saturated heterocycles. The Kier molecular flexibility index (Phi) is 17.1. The molecule has 2 rings (SSSR count). The van der Waals surface area contributed by atoms with E-state index in [1.54, 1.807) is 0 Å². The Bertz CT molecular complexity index is 254. The first-order valence-corrected chi connectivity index (χ1v) is 12.5. The Morgan fingerprint density at radius 2 is 0.808 bits per heavy atom. The molecule has 2 saturated carbocycles. The van der Waals surface area contributed by atoms with Crippen LogP contribution in [0.25, 0.3) is 0 Å². The molecule has 0 radical (unpaired) electrons. The van der Waals surface area contributed by atoms with Gasteiger partial charge in [0.05, 0.1) is 0 Å². The highest BCUT2D eigenvalue weighted by Gasteiger charge is 2.21. The highest BCUT2D eigenvalue weighted by atomic mass is 14.3. The summed E-state index contributed by atoms with van der Waals surface area (Å²) in [6.45, 7) is 16.0. The highest BCUT2D eigenvalue weighted by Crippen LogP contribution is 2.34. The van der Waals surface area contributed by atoms with Crippen molar-refractivity contribution in [1.82, 2.24) is 0 Å². The second kappa shape index (κ2) is 17.1. The molecule has 158 valence electrons. The van der Waals surface area contributed by atoms with Crippen molar-refractivity contribution in [3.05, 3.63) is 0 Å². The van der Waals surface area contributed by atoms with Crippen LogP contribution in [0.1, 0.15) is 138 Å². The summed E-state index contributed by atoms with van der Waals surface area (Å²) in [5.41, 5.74) is 0. The third-order valence-corrected chi connectivity index (χ3v) is 7.10. The summed E-state index contributed by atoms with van der Waals surface area (Å²) in [6, 6.07) is 0. The average molecular weight is 367 g/mol. The molecule has 2 aliphatic carbocycles. The molecule has 0 aromatic heterocycles. The van der Waals surface area contributed by atoms with Gasteiger partial charge >= 0.3 is 0 Å². The van der Waals surface area contributed by atoms with Crippen molar-refractivity contribution in [1.29, 1.82) is 0 Å². The number of hydrogen-bond acceptors (Lipinski definition) is 0. The molecule has 1 atom stereocenters. The van der Waals surface area contributed by atoms with Gasteiger partial charge in [0.2, 0.25) is 0 Å². The van der Waals surface area contributed by atoms with Crippen LogP contribution in [0, 0.1) is 29.6 Å². The Balaban J connectivity index is 0.000000428. The van der Waals surface area contributed by atoms with Crippen molar-refractivity contribution in [3.63, 3.8) is 0 Å². The molecule has 2 fully saturated rings. The van der Waals surface area contributed by atoms with Crippen molar-refractivity contribution >= 4 is 0 Å². The summed E-state index contributed by atoms with van der Waals surface area (Å²) in [4.78, 5) is 0. The van der Waals surface area contributed by atoms with E-state index in [0.29, 0.717) is 0 Å². The van der Waals surface area contributed by atoms with Gasteiger partial charge in [-0.15, -0.1) is 0 Å². The van der Waals surface area contributed by atoms with E-state index in [0.717, 1.165) is 29.6 Å². The maximum atomic E-state index is 2.41. The largest absolute Gasteiger partial charge is 0.0656 e. The van der Waals surface area contributed by atoms with Gasteiger partial charge in [0.1, 0.15) is 0 Å². The second-order valence-electron chi connectivity index (χ2n) is 9.45. The standard InChI is InChI=1S/C13H26.C10H20.C3H8/c1-4-11(3)10-13-8-6-12(5-2)7-9-13;1-3-9-5-7-10(4-2)8-6-9;1-3-2/h11-13H,4-10H2,1-3H3;9-10H,3-8H2,1-2H3;3H2,1-2H3. The summed E-state index contributed by atoms with van der Waals surface area (Å²) >= 11 is 0. The highest BCUT2D eigenvalue weighted by molar-refractivity contribution is 4.73. The third kappa shape index (κ3) is 12.4. The van der Waals surface area contributed by atoms with Gasteiger partial charge in [-0.05, 0) is 36.0 Å². The predicted molar refractivity (Wildman–Crippen MR) is 122 cm³/mol. The van der Waals surface area contributed by atoms with Crippen LogP contribution >= 0.6 is 0 Å². The molecule has 1 unspecified atom stereocenters. The lowest BCUT2D eigenvalue weighted by molar-refractivity contribution is 0.234. The van der Waals surface area contributed by atoms with Crippen molar-refractivity contribution in [3.8, 4) is 0 Å². The fraction of sp³-hybridized carbons (Fsp3) is 1.00. The Morgan fingerprint density at radius 1 is 0.538 bits per heavy atom. The molecular formula is C26H54. The van der Waals surface area contributed by atoms with Gasteiger partial charge in [-0.1, -0.05) is 132 Å². The topological polar surface area (TPSA) is 0 Å². The normalized spacial score (nSPS) is 29.7. The molecule has 26 heavy (non-hydrogen) atoms. The van der Waals surface area contributed by atoms with Crippen LogP contribution < -0.4 is 0 Å². The molecule has 0 heterocycles. The minimum absolute atomic E-state index is 0.961. The molecule has 0 amide bonds. The predicted octanol–water partition coefficient (Wildman–Crippen LogP) is 9.67. The molecule has 0 heteroatoms. The monoisotopic (exact) mass is 366 g/mol. The Hall–Kier alpha value is 0. The van der Waals surface area contributed by atoms with Gasteiger partial charge in [0.15, 0.2) is 0 Å². The molecule has 2 aliphatic rings. The molecule has 0 aromatic carbocycles. The summed E-state index contributed by atoms with van der Waals surface area (Å²) in [7, 11) is 0. The zero-order valence-electron chi connectivity index (χ0n) is 19.8. The smallest absolute Gasteiger partial charge is 0.0412 e. The molecule has 0 aromatic rings. The molecular weight excluding hydrogens is 312 g/mol. The minimum Gasteiger partial charge on any atom is -0.0656 e. The van der Waals surface area contributed by atoms with E-state index in [-0.39, 0.29) is 0 Å². The van der Waals surface area contributed by atoms with Gasteiger partial charge in [-0.25, -0.2) is 0 Å². The Morgan fingerprint density at radius 3 is 1.04 bits per heavy atom. The van der Waals surface area contributed by atoms with Crippen LogP contribution in [0.2, 0.25) is 0 Å². The molecule has 0 bridgehead atoms. The third-order valence-electron chi connectivity index (χ3n) is 7.10. The summed E-state index contributed by atoms with van der Waals surface area (Å²) in [6.07, 6.45) is 20.4. The first-order chi connectivity index (χ1) is 12.5. The quantitative estimate of drug-likeness (QED) is 0.439. The van der Waals surface area contributed by atoms with Crippen LogP contribution in [-0.4, -0.2) is 0 Å². The summed E-state index contributed by atoms with van der Waals surface area (Å²) in [5.74, 6) is 5.24. The van der Waals surface area contributed by atoms with E-state index in [4.69, 9.17) is 0 Å². The van der Waals surface area contributed by atoms with Crippen molar-refractivity contribution in [2.24, 2.45) is 29.6 Å². The fourth-order valence-electron chi connectivity index (χ4n) is 4.66. The zero-order chi connectivity index (χ0) is 19.8. The minimum atomic E-state index is 0.961. The van der Waals surface area contributed by atoms with E-state index < -0.39 is 0 Å². The van der Waals surface area contributed by atoms with Crippen LogP contribution in [0.4, 0.5) is 0 Å². The van der Waals surface area contributed by atoms with Crippen LogP contribution in [0.15, 0.2) is 0 Å². The maximum absolute atomic E-state index is 2.41. The molecule has 0 N–H and O–H groups in total. The van der Waals surface area contributed by atoms with Gasteiger partial charge in [-0.2, -0.15) is 0 Å². The summed E-state index contributed by atoms with van der Waals surface area (Å²) < 4.78 is 0. The van der Waals surface area contributed by atoms with Gasteiger partial charge in [0, 0.05) is 0 Å². The average Bonchev–Trinajstić information content (AvgIpc) is 2.69. The van der Waals surface area contributed by atoms with Gasteiger partial charge in [-0.3, -0.25) is 0 Å². The van der Waals surface area contributed by atoms with Crippen molar-refractivity contribution in [2.75, 3.05) is 0 Å².